The van der Waals surface area contributed by atoms with Crippen LogP contribution in [-0.2, 0) is 14.3 Å². The molecule has 2 atom stereocenters. The molecule has 6 nitrogen and oxygen atoms in total. The fraction of sp³-hybridized carbons (Fsp3) is 0.833. The van der Waals surface area contributed by atoms with Crippen molar-refractivity contribution in [1.82, 2.24) is 14.7 Å². The minimum atomic E-state index is -0.153. The van der Waals surface area contributed by atoms with Crippen molar-refractivity contribution in [1.29, 1.82) is 0 Å². The fourth-order valence-electron chi connectivity index (χ4n) is 2.64. The lowest BCUT2D eigenvalue weighted by Gasteiger charge is -2.24. The second kappa shape index (κ2) is 5.24. The van der Waals surface area contributed by atoms with Crippen LogP contribution < -0.4 is 0 Å². The third kappa shape index (κ3) is 2.35. The summed E-state index contributed by atoms with van der Waals surface area (Å²) in [4.78, 5) is 29.4. The molecule has 0 aliphatic carbocycles. The standard InChI is InChI=1S/C12H21N3O3/c1-4-14-8-15(7-11(14)16)12(17)10-5-9(18-3)6-13(10)2/h9-10H,4-8H2,1-3H3/t9-,10-/m0/s1. The summed E-state index contributed by atoms with van der Waals surface area (Å²) in [6.45, 7) is 4.00. The van der Waals surface area contributed by atoms with E-state index < -0.39 is 0 Å². The first-order valence-corrected chi connectivity index (χ1v) is 6.36. The summed E-state index contributed by atoms with van der Waals surface area (Å²) in [7, 11) is 3.60. The molecule has 0 unspecified atom stereocenters. The van der Waals surface area contributed by atoms with Gasteiger partial charge in [-0.2, -0.15) is 0 Å². The third-order valence-corrected chi connectivity index (χ3v) is 3.84. The number of hydrogen-bond donors (Lipinski definition) is 0. The highest BCUT2D eigenvalue weighted by Gasteiger charge is 2.40. The van der Waals surface area contributed by atoms with E-state index in [1.807, 2.05) is 18.9 Å². The molecule has 2 saturated heterocycles. The van der Waals surface area contributed by atoms with Crippen LogP contribution in [0.4, 0.5) is 0 Å². The van der Waals surface area contributed by atoms with Crippen molar-refractivity contribution in [2.45, 2.75) is 25.5 Å². The molecule has 18 heavy (non-hydrogen) atoms. The van der Waals surface area contributed by atoms with Crippen LogP contribution in [0.2, 0.25) is 0 Å². The van der Waals surface area contributed by atoms with Gasteiger partial charge in [-0.15, -0.1) is 0 Å². The summed E-state index contributed by atoms with van der Waals surface area (Å²) in [6.07, 6.45) is 0.826. The molecule has 2 amide bonds. The third-order valence-electron chi connectivity index (χ3n) is 3.84. The van der Waals surface area contributed by atoms with Crippen LogP contribution in [0.25, 0.3) is 0 Å². The number of hydrogen-bond acceptors (Lipinski definition) is 4. The molecule has 0 radical (unpaired) electrons. The van der Waals surface area contributed by atoms with Crippen molar-refractivity contribution >= 4 is 11.8 Å². The van der Waals surface area contributed by atoms with E-state index >= 15 is 0 Å². The van der Waals surface area contributed by atoms with Crippen molar-refractivity contribution in [3.8, 4) is 0 Å². The van der Waals surface area contributed by atoms with Crippen LogP contribution in [0.3, 0.4) is 0 Å². The van der Waals surface area contributed by atoms with Crippen LogP contribution >= 0.6 is 0 Å². The summed E-state index contributed by atoms with van der Waals surface area (Å²) < 4.78 is 5.30. The first kappa shape index (κ1) is 13.3. The van der Waals surface area contributed by atoms with Gasteiger partial charge in [0.05, 0.1) is 18.8 Å². The molecule has 2 heterocycles. The highest BCUT2D eigenvalue weighted by Crippen LogP contribution is 2.21. The normalized spacial score (nSPS) is 29.4. The number of methoxy groups -OCH3 is 1. The minimum Gasteiger partial charge on any atom is -0.380 e. The van der Waals surface area contributed by atoms with Crippen LogP contribution in [0, 0.1) is 0 Å². The van der Waals surface area contributed by atoms with Gasteiger partial charge in [-0.05, 0) is 20.4 Å². The molecule has 0 aromatic rings. The van der Waals surface area contributed by atoms with Crippen LogP contribution in [0.5, 0.6) is 0 Å². The average Bonchev–Trinajstić information content (AvgIpc) is 2.91. The molecule has 0 bridgehead atoms. The minimum absolute atomic E-state index is 0.0368. The Labute approximate surface area is 107 Å². The van der Waals surface area contributed by atoms with E-state index in [9.17, 15) is 9.59 Å². The van der Waals surface area contributed by atoms with E-state index in [1.54, 1.807) is 16.9 Å². The van der Waals surface area contributed by atoms with Crippen molar-refractivity contribution in [3.63, 3.8) is 0 Å². The van der Waals surface area contributed by atoms with Crippen molar-refractivity contribution in [2.24, 2.45) is 0 Å². The van der Waals surface area contributed by atoms with Crippen molar-refractivity contribution < 1.29 is 14.3 Å². The molecule has 6 heteroatoms. The van der Waals surface area contributed by atoms with Crippen LogP contribution in [0.15, 0.2) is 0 Å². The maximum Gasteiger partial charge on any atom is 0.243 e. The molecule has 0 aromatic carbocycles. The Morgan fingerprint density at radius 3 is 2.72 bits per heavy atom. The quantitative estimate of drug-likeness (QED) is 0.673. The summed E-state index contributed by atoms with van der Waals surface area (Å²) in [5.41, 5.74) is 0. The molecule has 102 valence electrons. The van der Waals surface area contributed by atoms with Crippen molar-refractivity contribution in [3.05, 3.63) is 0 Å². The second-order valence-corrected chi connectivity index (χ2v) is 4.98. The number of carbonyl (C=O) groups is 2. The van der Waals surface area contributed by atoms with Gasteiger partial charge in [-0.1, -0.05) is 0 Å². The predicted molar refractivity (Wildman–Crippen MR) is 65.8 cm³/mol. The molecule has 2 fully saturated rings. The van der Waals surface area contributed by atoms with E-state index in [0.717, 1.165) is 6.54 Å². The van der Waals surface area contributed by atoms with Crippen molar-refractivity contribution in [2.75, 3.05) is 40.5 Å². The molecule has 0 aromatic heterocycles. The van der Waals surface area contributed by atoms with E-state index in [2.05, 4.69) is 0 Å². The van der Waals surface area contributed by atoms with E-state index in [1.165, 1.54) is 0 Å². The van der Waals surface area contributed by atoms with E-state index in [-0.39, 0.29) is 30.5 Å². The Morgan fingerprint density at radius 2 is 2.22 bits per heavy atom. The van der Waals surface area contributed by atoms with Crippen LogP contribution in [-0.4, -0.2) is 79.1 Å². The predicted octanol–water partition coefficient (Wildman–Crippen LogP) is -0.646. The van der Waals surface area contributed by atoms with Gasteiger partial charge in [-0.3, -0.25) is 14.5 Å². The molecular weight excluding hydrogens is 234 g/mol. The van der Waals surface area contributed by atoms with Gasteiger partial charge < -0.3 is 14.5 Å². The highest BCUT2D eigenvalue weighted by atomic mass is 16.5. The summed E-state index contributed by atoms with van der Waals surface area (Å²) >= 11 is 0. The van der Waals surface area contributed by atoms with Gasteiger partial charge >= 0.3 is 0 Å². The zero-order valence-corrected chi connectivity index (χ0v) is 11.3. The van der Waals surface area contributed by atoms with Gasteiger partial charge in [0.2, 0.25) is 11.8 Å². The zero-order valence-electron chi connectivity index (χ0n) is 11.3. The first-order valence-electron chi connectivity index (χ1n) is 6.36. The van der Waals surface area contributed by atoms with Gasteiger partial charge in [0.1, 0.15) is 6.54 Å². The smallest absolute Gasteiger partial charge is 0.243 e. The lowest BCUT2D eigenvalue weighted by Crippen LogP contribution is -2.43. The Hall–Kier alpha value is -1.14. The van der Waals surface area contributed by atoms with Gasteiger partial charge in [0.15, 0.2) is 0 Å². The number of carbonyl (C=O) groups excluding carboxylic acids is 2. The Balaban J connectivity index is 1.98. The first-order chi connectivity index (χ1) is 8.56. The maximum atomic E-state index is 12.4. The number of amides is 2. The number of likely N-dealkylation sites (N-methyl/N-ethyl adjacent to an activating group) is 2. The number of likely N-dealkylation sites (tertiary alicyclic amines) is 1. The van der Waals surface area contributed by atoms with Gasteiger partial charge in [0.25, 0.3) is 0 Å². The molecule has 0 N–H and O–H groups in total. The average molecular weight is 255 g/mol. The van der Waals surface area contributed by atoms with E-state index in [0.29, 0.717) is 19.6 Å². The lowest BCUT2D eigenvalue weighted by molar-refractivity contribution is -0.135. The summed E-state index contributed by atoms with van der Waals surface area (Å²) in [5.74, 6) is 0.0798. The van der Waals surface area contributed by atoms with E-state index in [4.69, 9.17) is 4.74 Å². The largest absolute Gasteiger partial charge is 0.380 e. The van der Waals surface area contributed by atoms with Crippen LogP contribution in [0.1, 0.15) is 13.3 Å². The Bertz CT molecular complexity index is 347. The molecule has 2 rings (SSSR count). The molecular formula is C12H21N3O3. The number of rotatable bonds is 3. The molecule has 0 spiro atoms. The summed E-state index contributed by atoms with van der Waals surface area (Å²) in [6, 6.07) is -0.153. The zero-order chi connectivity index (χ0) is 13.3. The topological polar surface area (TPSA) is 53.1 Å². The Kier molecular flexibility index (Phi) is 3.87. The number of nitrogens with zero attached hydrogens (tertiary/aromatic N) is 3. The SMILES string of the molecule is CCN1CN(C(=O)[C@@H]2C[C@H](OC)CN2C)CC1=O. The monoisotopic (exact) mass is 255 g/mol. The molecule has 2 aliphatic heterocycles. The Morgan fingerprint density at radius 1 is 1.50 bits per heavy atom. The fourth-order valence-corrected chi connectivity index (χ4v) is 2.64. The van der Waals surface area contributed by atoms with Gasteiger partial charge in [0, 0.05) is 20.2 Å². The van der Waals surface area contributed by atoms with Gasteiger partial charge in [-0.25, -0.2) is 0 Å². The highest BCUT2D eigenvalue weighted by molar-refractivity contribution is 5.90. The second-order valence-electron chi connectivity index (χ2n) is 4.98. The summed E-state index contributed by atoms with van der Waals surface area (Å²) in [5, 5.41) is 0. The molecule has 2 aliphatic rings. The number of ether oxygens (including phenoxy) is 1. The lowest BCUT2D eigenvalue weighted by atomic mass is 10.2. The maximum absolute atomic E-state index is 12.4. The molecule has 0 saturated carbocycles.